The molecule has 25 heavy (non-hydrogen) atoms. The smallest absolute Gasteiger partial charge is 0.459 e. The Morgan fingerprint density at radius 3 is 2.68 bits per heavy atom. The summed E-state index contributed by atoms with van der Waals surface area (Å²) in [5, 5.41) is 1.82. The van der Waals surface area contributed by atoms with E-state index in [1.807, 2.05) is 5.32 Å². The lowest BCUT2D eigenvalue weighted by molar-refractivity contribution is -0.153. The Morgan fingerprint density at radius 2 is 2.12 bits per heavy atom. The maximum atomic E-state index is 13.6. The summed E-state index contributed by atoms with van der Waals surface area (Å²) in [5.74, 6) is -1.74. The van der Waals surface area contributed by atoms with Crippen LogP contribution in [0.3, 0.4) is 0 Å². The molecule has 3 N–H and O–H groups in total. The zero-order chi connectivity index (χ0) is 18.9. The molecule has 2 heterocycles. The van der Waals surface area contributed by atoms with Gasteiger partial charge in [-0.15, -0.1) is 0 Å². The first kappa shape index (κ1) is 19.7. The molecule has 2 aliphatic heterocycles. The average molecular weight is 384 g/mol. The molecule has 2 rings (SSSR count). The molecule has 2 aliphatic rings. The number of phosphoric ester groups is 1. The van der Waals surface area contributed by atoms with Crippen LogP contribution < -0.4 is 5.32 Å². The van der Waals surface area contributed by atoms with Gasteiger partial charge in [0, 0.05) is 13.3 Å². The van der Waals surface area contributed by atoms with Crippen LogP contribution in [-0.2, 0) is 28.2 Å². The van der Waals surface area contributed by atoms with E-state index in [4.69, 9.17) is 19.3 Å². The van der Waals surface area contributed by atoms with Gasteiger partial charge in [0.15, 0.2) is 6.17 Å². The predicted molar refractivity (Wildman–Crippen MR) is 76.6 cm³/mol. The number of urea groups is 1. The van der Waals surface area contributed by atoms with Crippen molar-refractivity contribution in [2.45, 2.75) is 51.0 Å². The van der Waals surface area contributed by atoms with Crippen molar-refractivity contribution in [3.05, 3.63) is 0 Å². The van der Waals surface area contributed by atoms with E-state index in [1.165, 1.54) is 6.92 Å². The van der Waals surface area contributed by atoms with Crippen LogP contribution in [0.1, 0.15) is 20.3 Å². The Morgan fingerprint density at radius 1 is 1.48 bits per heavy atom. The number of amides is 3. The molecular weight excluding hydrogens is 366 g/mol. The lowest BCUT2D eigenvalue weighted by Gasteiger charge is -2.33. The molecule has 2 saturated heterocycles. The highest BCUT2D eigenvalue weighted by molar-refractivity contribution is 7.46. The molecule has 0 saturated carbocycles. The molecule has 0 aliphatic carbocycles. The normalized spacial score (nSPS) is 31.6. The minimum atomic E-state index is -4.84. The third kappa shape index (κ3) is 4.95. The topological polar surface area (TPSA) is 152 Å². The third-order valence-corrected chi connectivity index (χ3v) is 4.29. The second-order valence-corrected chi connectivity index (χ2v) is 6.85. The summed E-state index contributed by atoms with van der Waals surface area (Å²) in [6.07, 6.45) is -6.36. The molecule has 0 bridgehead atoms. The van der Waals surface area contributed by atoms with Gasteiger partial charge in [-0.3, -0.25) is 24.3 Å². The van der Waals surface area contributed by atoms with E-state index in [0.29, 0.717) is 0 Å². The fraction of sp³-hybridized carbons (Fsp3) is 0.750. The number of alkyl halides is 1. The van der Waals surface area contributed by atoms with Crippen LogP contribution >= 0.6 is 7.82 Å². The van der Waals surface area contributed by atoms with Gasteiger partial charge >= 0.3 is 19.8 Å². The number of hydrogen-bond acceptors (Lipinski definition) is 7. The fourth-order valence-corrected chi connectivity index (χ4v) is 3.27. The van der Waals surface area contributed by atoms with E-state index in [0.717, 1.165) is 11.8 Å². The first-order valence-corrected chi connectivity index (χ1v) is 8.83. The molecule has 0 aromatic heterocycles. The van der Waals surface area contributed by atoms with Crippen molar-refractivity contribution in [3.8, 4) is 0 Å². The minimum Gasteiger partial charge on any atom is -0.459 e. The van der Waals surface area contributed by atoms with Crippen molar-refractivity contribution in [1.29, 1.82) is 0 Å². The minimum absolute atomic E-state index is 0.0760. The molecule has 11 nitrogen and oxygen atoms in total. The number of esters is 1. The largest absolute Gasteiger partial charge is 0.469 e. The van der Waals surface area contributed by atoms with Gasteiger partial charge in [-0.1, -0.05) is 0 Å². The molecule has 13 heteroatoms. The quantitative estimate of drug-likeness (QED) is 0.417. The van der Waals surface area contributed by atoms with Crippen LogP contribution in [0.2, 0.25) is 0 Å². The molecule has 0 aromatic carbocycles. The van der Waals surface area contributed by atoms with E-state index in [1.54, 1.807) is 0 Å². The summed E-state index contributed by atoms with van der Waals surface area (Å²) in [6.45, 7) is 1.87. The van der Waals surface area contributed by atoms with E-state index >= 15 is 0 Å². The van der Waals surface area contributed by atoms with Crippen molar-refractivity contribution in [2.75, 3.05) is 6.54 Å². The van der Waals surface area contributed by atoms with Crippen molar-refractivity contribution in [1.82, 2.24) is 10.2 Å². The first-order chi connectivity index (χ1) is 11.5. The van der Waals surface area contributed by atoms with E-state index < -0.39 is 63.0 Å². The highest BCUT2D eigenvalue weighted by Crippen LogP contribution is 2.41. The van der Waals surface area contributed by atoms with Crippen LogP contribution in [-0.4, -0.2) is 69.9 Å². The van der Waals surface area contributed by atoms with E-state index in [-0.39, 0.29) is 6.42 Å². The Labute approximate surface area is 141 Å². The summed E-state index contributed by atoms with van der Waals surface area (Å²) in [7, 11) is -4.84. The molecule has 0 spiro atoms. The number of carbonyl (C=O) groups excluding carboxylic acids is 3. The lowest BCUT2D eigenvalue weighted by atomic mass is 10.1. The first-order valence-electron chi connectivity index (χ1n) is 7.30. The second kappa shape index (κ2) is 7.34. The maximum Gasteiger partial charge on any atom is 0.469 e. The zero-order valence-corrected chi connectivity index (χ0v) is 14.2. The maximum absolute atomic E-state index is 13.6. The predicted octanol–water partition coefficient (Wildman–Crippen LogP) is -0.579. The summed E-state index contributed by atoms with van der Waals surface area (Å²) < 4.78 is 39.7. The van der Waals surface area contributed by atoms with Crippen molar-refractivity contribution < 1.29 is 47.1 Å². The van der Waals surface area contributed by atoms with Crippen molar-refractivity contribution in [3.63, 3.8) is 0 Å². The number of phosphoric acid groups is 1. The Bertz CT molecular complexity index is 611. The summed E-state index contributed by atoms with van der Waals surface area (Å²) in [6, 6.07) is -0.880. The summed E-state index contributed by atoms with van der Waals surface area (Å²) >= 11 is 0. The summed E-state index contributed by atoms with van der Waals surface area (Å²) in [4.78, 5) is 52.9. The number of nitrogens with zero attached hydrogens (tertiary/aromatic N) is 1. The van der Waals surface area contributed by atoms with Gasteiger partial charge < -0.3 is 19.3 Å². The SMILES string of the molecule is CC(=O)O[C@H]1C[C@H](N2CC(F)C(=O)NC2=O)O[C@@H]1[C@H](C)OP(=O)(O)O. The number of hydrogen-bond donors (Lipinski definition) is 3. The number of halogens is 1. The standard InChI is InChI=1S/C12H18FN2O9P/c1-5(24-25(19,20)21)10-8(22-6(2)16)3-9(23-10)15-4-7(13)11(17)14-12(15)18/h5,7-10H,3-4H2,1-2H3,(H,14,17,18)(H2,19,20,21)/t5-,7?,8-,9+,10+/m0/s1. The lowest BCUT2D eigenvalue weighted by Crippen LogP contribution is -2.58. The van der Waals surface area contributed by atoms with Gasteiger partial charge in [-0.25, -0.2) is 13.8 Å². The van der Waals surface area contributed by atoms with Gasteiger partial charge in [0.2, 0.25) is 0 Å². The Kier molecular flexibility index (Phi) is 5.79. The van der Waals surface area contributed by atoms with Gasteiger partial charge in [0.1, 0.15) is 18.4 Å². The van der Waals surface area contributed by atoms with Crippen LogP contribution in [0.5, 0.6) is 0 Å². The van der Waals surface area contributed by atoms with Gasteiger partial charge in [0.05, 0.1) is 12.6 Å². The molecule has 0 radical (unpaired) electrons. The van der Waals surface area contributed by atoms with Crippen LogP contribution in [0, 0.1) is 0 Å². The number of rotatable bonds is 5. The molecular formula is C12H18FN2O9P. The number of nitrogens with one attached hydrogen (secondary N) is 1. The molecule has 2 fully saturated rings. The van der Waals surface area contributed by atoms with Gasteiger partial charge in [-0.2, -0.15) is 0 Å². The van der Waals surface area contributed by atoms with Crippen LogP contribution in [0.25, 0.3) is 0 Å². The number of imide groups is 1. The van der Waals surface area contributed by atoms with Crippen molar-refractivity contribution in [2.24, 2.45) is 0 Å². The summed E-state index contributed by atoms with van der Waals surface area (Å²) in [5.41, 5.74) is 0. The number of carbonyl (C=O) groups is 3. The van der Waals surface area contributed by atoms with E-state index in [2.05, 4.69) is 4.52 Å². The molecule has 3 amide bonds. The molecule has 5 atom stereocenters. The fourth-order valence-electron chi connectivity index (χ4n) is 2.72. The molecule has 1 unspecified atom stereocenters. The Balaban J connectivity index is 2.14. The van der Waals surface area contributed by atoms with Gasteiger partial charge in [0.25, 0.3) is 5.91 Å². The van der Waals surface area contributed by atoms with Gasteiger partial charge in [-0.05, 0) is 6.92 Å². The van der Waals surface area contributed by atoms with E-state index in [9.17, 15) is 23.3 Å². The zero-order valence-electron chi connectivity index (χ0n) is 13.3. The Hall–Kier alpha value is -1.59. The molecule has 142 valence electrons. The highest BCUT2D eigenvalue weighted by atomic mass is 31.2. The third-order valence-electron chi connectivity index (χ3n) is 3.68. The average Bonchev–Trinajstić information content (AvgIpc) is 2.84. The monoisotopic (exact) mass is 384 g/mol. The van der Waals surface area contributed by atoms with Crippen molar-refractivity contribution >= 4 is 25.7 Å². The number of ether oxygens (including phenoxy) is 2. The second-order valence-electron chi connectivity index (χ2n) is 5.65. The van der Waals surface area contributed by atoms with Crippen LogP contribution in [0.15, 0.2) is 0 Å². The molecule has 0 aromatic rings. The highest BCUT2D eigenvalue weighted by Gasteiger charge is 2.48. The van der Waals surface area contributed by atoms with Crippen LogP contribution in [0.4, 0.5) is 9.18 Å².